The van der Waals surface area contributed by atoms with Crippen molar-refractivity contribution >= 4 is 22.8 Å². The second-order valence-electron chi connectivity index (χ2n) is 9.23. The first kappa shape index (κ1) is 21.8. The quantitative estimate of drug-likeness (QED) is 0.623. The molecule has 4 rings (SSSR count). The molecule has 1 saturated heterocycles. The van der Waals surface area contributed by atoms with Crippen molar-refractivity contribution in [3.63, 3.8) is 0 Å². The maximum Gasteiger partial charge on any atom is 0.287 e. The smallest absolute Gasteiger partial charge is 0.287 e. The van der Waals surface area contributed by atoms with Gasteiger partial charge in [-0.05, 0) is 75.7 Å². The van der Waals surface area contributed by atoms with Crippen LogP contribution in [0.4, 0.5) is 0 Å². The van der Waals surface area contributed by atoms with E-state index in [1.165, 1.54) is 0 Å². The first-order chi connectivity index (χ1) is 15.0. The molecule has 2 aromatic rings. The molecule has 0 aromatic carbocycles. The number of furan rings is 1. The molecule has 0 radical (unpaired) electrons. The molecule has 1 spiro atoms. The Morgan fingerprint density at radius 3 is 2.87 bits per heavy atom. The van der Waals surface area contributed by atoms with Gasteiger partial charge >= 0.3 is 0 Å². The minimum absolute atomic E-state index is 0.167. The first-order valence-corrected chi connectivity index (χ1v) is 11.6. The van der Waals surface area contributed by atoms with Crippen molar-refractivity contribution in [1.82, 2.24) is 20.1 Å². The monoisotopic (exact) mass is 426 g/mol. The van der Waals surface area contributed by atoms with E-state index in [0.717, 1.165) is 63.7 Å². The molecule has 0 bridgehead atoms. The molecule has 2 amide bonds. The maximum atomic E-state index is 12.5. The lowest BCUT2D eigenvalue weighted by Crippen LogP contribution is -2.40. The molecule has 1 N–H and O–H groups in total. The summed E-state index contributed by atoms with van der Waals surface area (Å²) >= 11 is 0. The summed E-state index contributed by atoms with van der Waals surface area (Å²) in [5.74, 6) is 0.978. The van der Waals surface area contributed by atoms with Crippen LogP contribution in [0.1, 0.15) is 56.0 Å². The molecular formula is C24H34N4O3. The van der Waals surface area contributed by atoms with Crippen molar-refractivity contribution in [2.75, 3.05) is 39.8 Å². The molecule has 1 atom stereocenters. The fraction of sp³-hybridized carbons (Fsp3) is 0.625. The average Bonchev–Trinajstić information content (AvgIpc) is 3.26. The highest BCUT2D eigenvalue weighted by molar-refractivity contribution is 5.95. The number of nitrogens with one attached hydrogen (secondary N) is 1. The van der Waals surface area contributed by atoms with Gasteiger partial charge in [0.2, 0.25) is 5.91 Å². The average molecular weight is 427 g/mol. The van der Waals surface area contributed by atoms with Crippen LogP contribution in [0.5, 0.6) is 0 Å². The van der Waals surface area contributed by atoms with Gasteiger partial charge in [0.25, 0.3) is 5.91 Å². The van der Waals surface area contributed by atoms with E-state index in [4.69, 9.17) is 4.42 Å². The molecular weight excluding hydrogens is 392 g/mol. The molecule has 31 heavy (non-hydrogen) atoms. The van der Waals surface area contributed by atoms with Gasteiger partial charge < -0.3 is 19.5 Å². The number of hydrogen-bond donors (Lipinski definition) is 1. The molecule has 7 heteroatoms. The SMILES string of the molecule is CCN(C)CCCCC(=O)N1CCC2(CC1)CC2CNC(=O)c1cc2ccncc2o1. The number of fused-ring (bicyclic) bond motifs is 1. The van der Waals surface area contributed by atoms with Crippen LogP contribution >= 0.6 is 0 Å². The van der Waals surface area contributed by atoms with Crippen LogP contribution in [0.25, 0.3) is 11.0 Å². The number of piperidine rings is 1. The normalized spacial score (nSPS) is 19.8. The Kier molecular flexibility index (Phi) is 6.60. The van der Waals surface area contributed by atoms with Gasteiger partial charge in [0, 0.05) is 37.6 Å². The predicted molar refractivity (Wildman–Crippen MR) is 120 cm³/mol. The third-order valence-corrected chi connectivity index (χ3v) is 7.25. The number of hydrogen-bond acceptors (Lipinski definition) is 5. The Labute approximate surface area is 184 Å². The van der Waals surface area contributed by atoms with Crippen molar-refractivity contribution in [3.05, 3.63) is 30.3 Å². The summed E-state index contributed by atoms with van der Waals surface area (Å²) in [6, 6.07) is 3.60. The fourth-order valence-corrected chi connectivity index (χ4v) is 4.81. The Morgan fingerprint density at radius 2 is 2.13 bits per heavy atom. The van der Waals surface area contributed by atoms with E-state index in [0.29, 0.717) is 41.5 Å². The number of nitrogens with zero attached hydrogens (tertiary/aromatic N) is 3. The number of pyridine rings is 1. The third-order valence-electron chi connectivity index (χ3n) is 7.25. The number of likely N-dealkylation sites (tertiary alicyclic amines) is 1. The number of unbranched alkanes of at least 4 members (excludes halogenated alkanes) is 1. The highest BCUT2D eigenvalue weighted by Crippen LogP contribution is 2.59. The minimum atomic E-state index is -0.167. The maximum absolute atomic E-state index is 12.5. The van der Waals surface area contributed by atoms with Crippen LogP contribution in [0.3, 0.4) is 0 Å². The van der Waals surface area contributed by atoms with Crippen molar-refractivity contribution < 1.29 is 14.0 Å². The fourth-order valence-electron chi connectivity index (χ4n) is 4.81. The molecule has 2 aliphatic rings. The molecule has 1 aliphatic carbocycles. The van der Waals surface area contributed by atoms with Gasteiger partial charge in [-0.2, -0.15) is 0 Å². The Morgan fingerprint density at radius 1 is 1.32 bits per heavy atom. The molecule has 1 aliphatic heterocycles. The van der Waals surface area contributed by atoms with Crippen molar-refractivity contribution in [2.24, 2.45) is 11.3 Å². The molecule has 1 unspecified atom stereocenters. The number of rotatable bonds is 9. The van der Waals surface area contributed by atoms with Crippen LogP contribution in [0, 0.1) is 11.3 Å². The van der Waals surface area contributed by atoms with Gasteiger partial charge in [0.15, 0.2) is 11.3 Å². The molecule has 2 aromatic heterocycles. The zero-order chi connectivity index (χ0) is 21.8. The second-order valence-corrected chi connectivity index (χ2v) is 9.23. The Balaban J connectivity index is 1.17. The van der Waals surface area contributed by atoms with Crippen LogP contribution in [-0.4, -0.2) is 66.4 Å². The number of aromatic nitrogens is 1. The van der Waals surface area contributed by atoms with E-state index in [1.54, 1.807) is 18.5 Å². The largest absolute Gasteiger partial charge is 0.449 e. The highest BCUT2D eigenvalue weighted by atomic mass is 16.3. The topological polar surface area (TPSA) is 78.7 Å². The van der Waals surface area contributed by atoms with E-state index in [1.807, 2.05) is 11.0 Å². The van der Waals surface area contributed by atoms with Gasteiger partial charge in [-0.15, -0.1) is 0 Å². The van der Waals surface area contributed by atoms with Gasteiger partial charge in [-0.3, -0.25) is 14.6 Å². The molecule has 7 nitrogen and oxygen atoms in total. The van der Waals surface area contributed by atoms with Crippen molar-refractivity contribution in [1.29, 1.82) is 0 Å². The Hall–Kier alpha value is -2.41. The number of amides is 2. The summed E-state index contributed by atoms with van der Waals surface area (Å²) in [7, 11) is 2.12. The van der Waals surface area contributed by atoms with Gasteiger partial charge in [0.05, 0.1) is 6.20 Å². The van der Waals surface area contributed by atoms with Crippen LogP contribution in [0.15, 0.2) is 28.9 Å². The Bertz CT molecular complexity index is 883. The molecule has 2 fully saturated rings. The van der Waals surface area contributed by atoms with Gasteiger partial charge in [-0.25, -0.2) is 0 Å². The predicted octanol–water partition coefficient (Wildman–Crippen LogP) is 3.31. The molecule has 168 valence electrons. The van der Waals surface area contributed by atoms with Gasteiger partial charge in [0.1, 0.15) is 0 Å². The lowest BCUT2D eigenvalue weighted by Gasteiger charge is -2.33. The van der Waals surface area contributed by atoms with E-state index >= 15 is 0 Å². The lowest BCUT2D eigenvalue weighted by atomic mass is 9.90. The minimum Gasteiger partial charge on any atom is -0.449 e. The summed E-state index contributed by atoms with van der Waals surface area (Å²) in [5.41, 5.74) is 0.941. The molecule has 1 saturated carbocycles. The summed E-state index contributed by atoms with van der Waals surface area (Å²) in [6.07, 6.45) is 9.27. The van der Waals surface area contributed by atoms with Crippen molar-refractivity contribution in [3.8, 4) is 0 Å². The van der Waals surface area contributed by atoms with E-state index in [9.17, 15) is 9.59 Å². The van der Waals surface area contributed by atoms with Crippen LogP contribution < -0.4 is 5.32 Å². The lowest BCUT2D eigenvalue weighted by molar-refractivity contribution is -0.133. The van der Waals surface area contributed by atoms with E-state index < -0.39 is 0 Å². The highest BCUT2D eigenvalue weighted by Gasteiger charge is 2.54. The number of carbonyl (C=O) groups is 2. The van der Waals surface area contributed by atoms with Crippen molar-refractivity contribution in [2.45, 2.75) is 45.4 Å². The summed E-state index contributed by atoms with van der Waals surface area (Å²) < 4.78 is 5.60. The number of carbonyl (C=O) groups excluding carboxylic acids is 2. The van der Waals surface area contributed by atoms with Crippen LogP contribution in [0.2, 0.25) is 0 Å². The summed E-state index contributed by atoms with van der Waals surface area (Å²) in [5, 5.41) is 3.92. The zero-order valence-corrected chi connectivity index (χ0v) is 18.7. The van der Waals surface area contributed by atoms with Crippen LogP contribution in [-0.2, 0) is 4.79 Å². The zero-order valence-electron chi connectivity index (χ0n) is 18.7. The standard InChI is InChI=1S/C24H34N4O3/c1-3-27(2)11-5-4-6-22(29)28-12-8-24(9-13-28)15-19(24)16-26-23(30)20-14-18-7-10-25-17-21(18)31-20/h7,10,14,17,19H,3-6,8-9,11-13,15-16H2,1-2H3,(H,26,30). The second kappa shape index (κ2) is 9.39. The van der Waals surface area contributed by atoms with E-state index in [2.05, 4.69) is 29.2 Å². The summed E-state index contributed by atoms with van der Waals surface area (Å²) in [6.45, 7) is 6.66. The first-order valence-electron chi connectivity index (χ1n) is 11.6. The van der Waals surface area contributed by atoms with E-state index in [-0.39, 0.29) is 5.91 Å². The molecule has 3 heterocycles. The van der Waals surface area contributed by atoms with Gasteiger partial charge in [-0.1, -0.05) is 6.92 Å². The summed E-state index contributed by atoms with van der Waals surface area (Å²) in [4.78, 5) is 33.3. The third kappa shape index (κ3) is 5.09.